The summed E-state index contributed by atoms with van der Waals surface area (Å²) < 4.78 is 7.36. The molecule has 1 aromatic heterocycles. The third-order valence-corrected chi connectivity index (χ3v) is 3.06. The monoisotopic (exact) mass is 288 g/mol. The molecular formula is C15H20N4O2. The summed E-state index contributed by atoms with van der Waals surface area (Å²) in [4.78, 5) is 11.2. The van der Waals surface area contributed by atoms with Gasteiger partial charge in [-0.1, -0.05) is 6.07 Å². The van der Waals surface area contributed by atoms with Crippen LogP contribution in [0.4, 0.5) is 5.69 Å². The molecule has 0 spiro atoms. The smallest absolute Gasteiger partial charge is 0.257 e. The topological polar surface area (TPSA) is 68.2 Å². The molecule has 2 aromatic rings. The fourth-order valence-electron chi connectivity index (χ4n) is 1.90. The van der Waals surface area contributed by atoms with E-state index in [9.17, 15) is 4.79 Å². The average Bonchev–Trinajstić information content (AvgIpc) is 2.98. The minimum atomic E-state index is -0.153. The van der Waals surface area contributed by atoms with Crippen LogP contribution >= 0.6 is 0 Å². The number of anilines is 1. The molecular weight excluding hydrogens is 268 g/mol. The molecule has 0 saturated heterocycles. The number of rotatable bonds is 7. The number of benzene rings is 1. The second-order valence-corrected chi connectivity index (χ2v) is 4.48. The van der Waals surface area contributed by atoms with Gasteiger partial charge in [0.25, 0.3) is 5.91 Å². The van der Waals surface area contributed by atoms with E-state index in [1.54, 1.807) is 13.2 Å². The molecule has 2 N–H and O–H groups in total. The normalized spacial score (nSPS) is 10.2. The van der Waals surface area contributed by atoms with Crippen molar-refractivity contribution in [1.29, 1.82) is 0 Å². The average molecular weight is 288 g/mol. The Morgan fingerprint density at radius 2 is 2.24 bits per heavy atom. The molecule has 0 fully saturated rings. The van der Waals surface area contributed by atoms with E-state index >= 15 is 0 Å². The van der Waals surface area contributed by atoms with Gasteiger partial charge >= 0.3 is 0 Å². The molecule has 0 atom stereocenters. The Bertz CT molecular complexity index is 595. The van der Waals surface area contributed by atoms with Crippen molar-refractivity contribution in [3.05, 3.63) is 42.2 Å². The van der Waals surface area contributed by atoms with Gasteiger partial charge in [0.15, 0.2) is 6.61 Å². The summed E-state index contributed by atoms with van der Waals surface area (Å²) in [5.41, 5.74) is 2.06. The third kappa shape index (κ3) is 4.24. The highest BCUT2D eigenvalue weighted by Gasteiger charge is 2.03. The predicted octanol–water partition coefficient (Wildman–Crippen LogP) is 1.64. The summed E-state index contributed by atoms with van der Waals surface area (Å²) in [6, 6.07) is 9.53. The molecule has 112 valence electrons. The zero-order valence-electron chi connectivity index (χ0n) is 12.3. The SMILES string of the molecule is CCn1nccc1CNc1cccc(OCC(=O)NC)c1. The number of nitrogens with zero attached hydrogens (tertiary/aromatic N) is 2. The number of hydrogen-bond acceptors (Lipinski definition) is 4. The van der Waals surface area contributed by atoms with E-state index in [1.165, 1.54) is 0 Å². The van der Waals surface area contributed by atoms with Crippen LogP contribution in [0.5, 0.6) is 5.75 Å². The first kappa shape index (κ1) is 14.9. The van der Waals surface area contributed by atoms with Gasteiger partial charge in [0.1, 0.15) is 5.75 Å². The Hall–Kier alpha value is -2.50. The largest absolute Gasteiger partial charge is 0.484 e. The predicted molar refractivity (Wildman–Crippen MR) is 81.2 cm³/mol. The Kier molecular flexibility index (Phi) is 5.20. The van der Waals surface area contributed by atoms with Crippen LogP contribution in [0.2, 0.25) is 0 Å². The quantitative estimate of drug-likeness (QED) is 0.812. The van der Waals surface area contributed by atoms with E-state index in [-0.39, 0.29) is 12.5 Å². The maximum Gasteiger partial charge on any atom is 0.257 e. The van der Waals surface area contributed by atoms with Gasteiger partial charge in [-0.15, -0.1) is 0 Å². The van der Waals surface area contributed by atoms with Crippen molar-refractivity contribution in [2.75, 3.05) is 19.0 Å². The number of amides is 1. The molecule has 1 heterocycles. The van der Waals surface area contributed by atoms with Crippen molar-refractivity contribution in [2.24, 2.45) is 0 Å². The number of likely N-dealkylation sites (N-methyl/N-ethyl adjacent to an activating group) is 1. The first-order chi connectivity index (χ1) is 10.2. The summed E-state index contributed by atoms with van der Waals surface area (Å²) in [6.07, 6.45) is 1.80. The van der Waals surface area contributed by atoms with Crippen LogP contribution in [0, 0.1) is 0 Å². The number of nitrogens with one attached hydrogen (secondary N) is 2. The summed E-state index contributed by atoms with van der Waals surface area (Å²) >= 11 is 0. The van der Waals surface area contributed by atoms with Crippen molar-refractivity contribution in [3.8, 4) is 5.75 Å². The van der Waals surface area contributed by atoms with Crippen molar-refractivity contribution in [1.82, 2.24) is 15.1 Å². The molecule has 1 amide bonds. The molecule has 6 heteroatoms. The Morgan fingerprint density at radius 3 is 3.00 bits per heavy atom. The number of ether oxygens (including phenoxy) is 1. The highest BCUT2D eigenvalue weighted by atomic mass is 16.5. The second-order valence-electron chi connectivity index (χ2n) is 4.48. The lowest BCUT2D eigenvalue weighted by Gasteiger charge is -2.10. The molecule has 0 bridgehead atoms. The lowest BCUT2D eigenvalue weighted by Crippen LogP contribution is -2.24. The highest BCUT2D eigenvalue weighted by molar-refractivity contribution is 5.77. The van der Waals surface area contributed by atoms with Crippen molar-refractivity contribution in [3.63, 3.8) is 0 Å². The van der Waals surface area contributed by atoms with Crippen LogP contribution in [-0.4, -0.2) is 29.3 Å². The first-order valence-electron chi connectivity index (χ1n) is 6.91. The van der Waals surface area contributed by atoms with Gasteiger partial charge in [0, 0.05) is 31.5 Å². The van der Waals surface area contributed by atoms with Crippen LogP contribution in [-0.2, 0) is 17.9 Å². The summed E-state index contributed by atoms with van der Waals surface area (Å²) in [6.45, 7) is 3.61. The van der Waals surface area contributed by atoms with Gasteiger partial charge in [0.2, 0.25) is 0 Å². The molecule has 2 rings (SSSR count). The maximum absolute atomic E-state index is 11.2. The van der Waals surface area contributed by atoms with E-state index in [4.69, 9.17) is 4.74 Å². The van der Waals surface area contributed by atoms with Gasteiger partial charge in [0.05, 0.1) is 12.2 Å². The lowest BCUT2D eigenvalue weighted by molar-refractivity contribution is -0.122. The Labute approximate surface area is 124 Å². The van der Waals surface area contributed by atoms with E-state index in [2.05, 4.69) is 22.7 Å². The van der Waals surface area contributed by atoms with E-state index < -0.39 is 0 Å². The fourth-order valence-corrected chi connectivity index (χ4v) is 1.90. The minimum Gasteiger partial charge on any atom is -0.484 e. The van der Waals surface area contributed by atoms with Crippen LogP contribution in [0.25, 0.3) is 0 Å². The molecule has 21 heavy (non-hydrogen) atoms. The summed E-state index contributed by atoms with van der Waals surface area (Å²) in [7, 11) is 1.58. The van der Waals surface area contributed by atoms with E-state index in [1.807, 2.05) is 35.0 Å². The maximum atomic E-state index is 11.2. The van der Waals surface area contributed by atoms with Crippen LogP contribution in [0.1, 0.15) is 12.6 Å². The minimum absolute atomic E-state index is 0.0164. The fraction of sp³-hybridized carbons (Fsp3) is 0.333. The highest BCUT2D eigenvalue weighted by Crippen LogP contribution is 2.18. The number of hydrogen-bond donors (Lipinski definition) is 2. The van der Waals surface area contributed by atoms with Gasteiger partial charge in [-0.05, 0) is 25.1 Å². The van der Waals surface area contributed by atoms with Crippen LogP contribution in [0.15, 0.2) is 36.5 Å². The third-order valence-electron chi connectivity index (χ3n) is 3.06. The van der Waals surface area contributed by atoms with E-state index in [0.717, 1.165) is 17.9 Å². The van der Waals surface area contributed by atoms with Gasteiger partial charge in [-0.25, -0.2) is 0 Å². The molecule has 0 aliphatic rings. The number of carbonyl (C=O) groups excluding carboxylic acids is 1. The molecule has 6 nitrogen and oxygen atoms in total. The van der Waals surface area contributed by atoms with Gasteiger partial charge < -0.3 is 15.4 Å². The molecule has 0 saturated carbocycles. The Balaban J connectivity index is 1.93. The molecule has 0 aliphatic heterocycles. The zero-order valence-corrected chi connectivity index (χ0v) is 12.3. The summed E-state index contributed by atoms with van der Waals surface area (Å²) in [5, 5.41) is 10.1. The lowest BCUT2D eigenvalue weighted by atomic mass is 10.3. The first-order valence-corrected chi connectivity index (χ1v) is 6.91. The van der Waals surface area contributed by atoms with Gasteiger partial charge in [-0.3, -0.25) is 9.48 Å². The van der Waals surface area contributed by atoms with Crippen molar-refractivity contribution < 1.29 is 9.53 Å². The van der Waals surface area contributed by atoms with Crippen molar-refractivity contribution >= 4 is 11.6 Å². The molecule has 1 aromatic carbocycles. The molecule has 0 radical (unpaired) electrons. The molecule has 0 unspecified atom stereocenters. The van der Waals surface area contributed by atoms with Gasteiger partial charge in [-0.2, -0.15) is 5.10 Å². The Morgan fingerprint density at radius 1 is 1.38 bits per heavy atom. The number of carbonyl (C=O) groups is 1. The van der Waals surface area contributed by atoms with E-state index in [0.29, 0.717) is 12.3 Å². The zero-order chi connectivity index (χ0) is 15.1. The summed E-state index contributed by atoms with van der Waals surface area (Å²) in [5.74, 6) is 0.507. The van der Waals surface area contributed by atoms with Crippen LogP contribution in [0.3, 0.4) is 0 Å². The standard InChI is InChI=1S/C15H20N4O2/c1-3-19-13(7-8-18-19)10-17-12-5-4-6-14(9-12)21-11-15(20)16-2/h4-9,17H,3,10-11H2,1-2H3,(H,16,20). The number of aromatic nitrogens is 2. The van der Waals surface area contributed by atoms with Crippen molar-refractivity contribution in [2.45, 2.75) is 20.0 Å². The molecule has 0 aliphatic carbocycles. The number of aryl methyl sites for hydroxylation is 1. The second kappa shape index (κ2) is 7.33. The van der Waals surface area contributed by atoms with Crippen LogP contribution < -0.4 is 15.4 Å².